The van der Waals surface area contributed by atoms with Gasteiger partial charge < -0.3 is 0 Å². The predicted octanol–water partition coefficient (Wildman–Crippen LogP) is 7.44. The largest absolute Gasteiger partial charge is 0.151 e. The molecule has 0 unspecified atom stereocenters. The van der Waals surface area contributed by atoms with Crippen LogP contribution in [0.2, 0.25) is 0 Å². The zero-order chi connectivity index (χ0) is 17.6. The first-order valence-corrected chi connectivity index (χ1v) is 8.18. The SMILES string of the molecule is Cc1ccc(N=Nc2ccc(N=Nc3ccc(C)c(C)c3)cc2)cc1. The minimum atomic E-state index is 0.783. The van der Waals surface area contributed by atoms with Crippen molar-refractivity contribution < 1.29 is 0 Å². The Bertz CT molecular complexity index is 908. The molecule has 0 N–H and O–H groups in total. The lowest BCUT2D eigenvalue weighted by atomic mass is 10.1. The first kappa shape index (κ1) is 16.7. The Morgan fingerprint density at radius 2 is 0.840 bits per heavy atom. The van der Waals surface area contributed by atoms with Gasteiger partial charge in [-0.25, -0.2) is 0 Å². The maximum Gasteiger partial charge on any atom is 0.0859 e. The highest BCUT2D eigenvalue weighted by atomic mass is 15.1. The maximum atomic E-state index is 4.28. The van der Waals surface area contributed by atoms with Gasteiger partial charge in [-0.1, -0.05) is 23.8 Å². The van der Waals surface area contributed by atoms with Crippen molar-refractivity contribution in [2.45, 2.75) is 20.8 Å². The van der Waals surface area contributed by atoms with Crippen molar-refractivity contribution in [3.05, 3.63) is 83.4 Å². The fraction of sp³-hybridized carbons (Fsp3) is 0.143. The topological polar surface area (TPSA) is 49.4 Å². The summed E-state index contributed by atoms with van der Waals surface area (Å²) in [6, 6.07) is 21.5. The average Bonchev–Trinajstić information content (AvgIpc) is 2.63. The Hall–Kier alpha value is -3.14. The summed E-state index contributed by atoms with van der Waals surface area (Å²) in [6.45, 7) is 6.20. The summed E-state index contributed by atoms with van der Waals surface area (Å²) in [5, 5.41) is 17.0. The third-order valence-corrected chi connectivity index (χ3v) is 3.94. The Balaban J connectivity index is 1.68. The van der Waals surface area contributed by atoms with Crippen LogP contribution in [0.1, 0.15) is 16.7 Å². The summed E-state index contributed by atoms with van der Waals surface area (Å²) in [7, 11) is 0. The van der Waals surface area contributed by atoms with E-state index in [4.69, 9.17) is 0 Å². The van der Waals surface area contributed by atoms with Crippen molar-refractivity contribution in [2.24, 2.45) is 20.5 Å². The lowest BCUT2D eigenvalue weighted by molar-refractivity contribution is 1.20. The molecule has 25 heavy (non-hydrogen) atoms. The molecule has 0 spiro atoms. The molecule has 0 amide bonds. The van der Waals surface area contributed by atoms with Crippen LogP contribution in [0.3, 0.4) is 0 Å². The van der Waals surface area contributed by atoms with E-state index < -0.39 is 0 Å². The summed E-state index contributed by atoms with van der Waals surface area (Å²) in [5.74, 6) is 0. The van der Waals surface area contributed by atoms with Crippen LogP contribution in [-0.2, 0) is 0 Å². The normalized spacial score (nSPS) is 11.5. The van der Waals surface area contributed by atoms with E-state index in [0.717, 1.165) is 22.7 Å². The highest BCUT2D eigenvalue weighted by Gasteiger charge is 1.96. The number of aryl methyl sites for hydroxylation is 3. The molecule has 4 nitrogen and oxygen atoms in total. The molecule has 0 bridgehead atoms. The molecule has 0 fully saturated rings. The van der Waals surface area contributed by atoms with Gasteiger partial charge >= 0.3 is 0 Å². The first-order chi connectivity index (χ1) is 12.1. The van der Waals surface area contributed by atoms with Crippen molar-refractivity contribution in [3.63, 3.8) is 0 Å². The van der Waals surface area contributed by atoms with Gasteiger partial charge in [-0.15, -0.1) is 0 Å². The zero-order valence-electron chi connectivity index (χ0n) is 14.6. The summed E-state index contributed by atoms with van der Waals surface area (Å²) in [5.41, 5.74) is 6.93. The molecule has 3 aromatic rings. The fourth-order valence-corrected chi connectivity index (χ4v) is 2.22. The number of benzene rings is 3. The van der Waals surface area contributed by atoms with Crippen LogP contribution in [0.5, 0.6) is 0 Å². The number of rotatable bonds is 4. The molecule has 0 aliphatic heterocycles. The van der Waals surface area contributed by atoms with Crippen LogP contribution in [0.4, 0.5) is 22.7 Å². The van der Waals surface area contributed by atoms with E-state index in [-0.39, 0.29) is 0 Å². The minimum Gasteiger partial charge on any atom is -0.151 e. The van der Waals surface area contributed by atoms with Crippen molar-refractivity contribution in [1.29, 1.82) is 0 Å². The van der Waals surface area contributed by atoms with Crippen LogP contribution in [0.15, 0.2) is 87.2 Å². The number of hydrogen-bond acceptors (Lipinski definition) is 4. The van der Waals surface area contributed by atoms with Crippen LogP contribution in [-0.4, -0.2) is 0 Å². The number of nitrogens with zero attached hydrogens (tertiary/aromatic N) is 4. The van der Waals surface area contributed by atoms with Gasteiger partial charge in [0.05, 0.1) is 22.7 Å². The van der Waals surface area contributed by atoms with Gasteiger partial charge in [-0.2, -0.15) is 20.5 Å². The molecule has 0 saturated heterocycles. The molecule has 124 valence electrons. The molecule has 0 radical (unpaired) electrons. The Morgan fingerprint density at radius 3 is 1.32 bits per heavy atom. The molecule has 0 heterocycles. The number of azo groups is 2. The second kappa shape index (κ2) is 7.62. The second-order valence-corrected chi connectivity index (χ2v) is 6.02. The molecule has 0 saturated carbocycles. The van der Waals surface area contributed by atoms with Crippen LogP contribution < -0.4 is 0 Å². The standard InChI is InChI=1S/C21H20N4/c1-15-4-7-18(8-5-15)22-23-19-10-12-20(13-11-19)24-25-21-9-6-16(2)17(3)14-21/h4-14H,1-3H3. The zero-order valence-corrected chi connectivity index (χ0v) is 14.6. The van der Waals surface area contributed by atoms with E-state index in [9.17, 15) is 0 Å². The van der Waals surface area contributed by atoms with E-state index >= 15 is 0 Å². The Morgan fingerprint density at radius 1 is 0.440 bits per heavy atom. The smallest absolute Gasteiger partial charge is 0.0859 e. The van der Waals surface area contributed by atoms with E-state index in [1.165, 1.54) is 16.7 Å². The number of hydrogen-bond donors (Lipinski definition) is 0. The molecule has 0 aliphatic carbocycles. The van der Waals surface area contributed by atoms with E-state index in [1.54, 1.807) is 0 Å². The lowest BCUT2D eigenvalue weighted by Crippen LogP contribution is -1.77. The molecule has 3 aromatic carbocycles. The molecule has 0 atom stereocenters. The highest BCUT2D eigenvalue weighted by Crippen LogP contribution is 2.24. The van der Waals surface area contributed by atoms with E-state index in [2.05, 4.69) is 40.4 Å². The Labute approximate surface area is 148 Å². The fourth-order valence-electron chi connectivity index (χ4n) is 2.22. The molecule has 0 aliphatic rings. The van der Waals surface area contributed by atoms with Gasteiger partial charge in [0.2, 0.25) is 0 Å². The quantitative estimate of drug-likeness (QED) is 0.447. The van der Waals surface area contributed by atoms with Gasteiger partial charge in [0, 0.05) is 0 Å². The predicted molar refractivity (Wildman–Crippen MR) is 102 cm³/mol. The third kappa shape index (κ3) is 4.67. The summed E-state index contributed by atoms with van der Waals surface area (Å²) in [4.78, 5) is 0. The third-order valence-electron chi connectivity index (χ3n) is 3.94. The first-order valence-electron chi connectivity index (χ1n) is 8.18. The van der Waals surface area contributed by atoms with Crippen molar-refractivity contribution in [1.82, 2.24) is 0 Å². The molecule has 4 heteroatoms. The van der Waals surface area contributed by atoms with Gasteiger partial charge in [-0.3, -0.25) is 0 Å². The summed E-state index contributed by atoms with van der Waals surface area (Å²) < 4.78 is 0. The Kier molecular flexibility index (Phi) is 5.09. The van der Waals surface area contributed by atoms with Gasteiger partial charge in [-0.05, 0) is 80.4 Å². The lowest BCUT2D eigenvalue weighted by Gasteiger charge is -1.99. The van der Waals surface area contributed by atoms with Crippen LogP contribution in [0, 0.1) is 20.8 Å². The molecule has 0 aromatic heterocycles. The molecular weight excluding hydrogens is 308 g/mol. The minimum absolute atomic E-state index is 0.783. The van der Waals surface area contributed by atoms with Crippen LogP contribution >= 0.6 is 0 Å². The van der Waals surface area contributed by atoms with Crippen LogP contribution in [0.25, 0.3) is 0 Å². The highest BCUT2D eigenvalue weighted by molar-refractivity contribution is 5.49. The van der Waals surface area contributed by atoms with Gasteiger partial charge in [0.15, 0.2) is 0 Å². The van der Waals surface area contributed by atoms with Gasteiger partial charge in [0.1, 0.15) is 0 Å². The second-order valence-electron chi connectivity index (χ2n) is 6.02. The molecular formula is C21H20N4. The van der Waals surface area contributed by atoms with E-state index in [1.807, 2.05) is 67.6 Å². The maximum absolute atomic E-state index is 4.28. The average molecular weight is 328 g/mol. The summed E-state index contributed by atoms with van der Waals surface area (Å²) in [6.07, 6.45) is 0. The van der Waals surface area contributed by atoms with Crippen molar-refractivity contribution in [3.8, 4) is 0 Å². The van der Waals surface area contributed by atoms with Crippen molar-refractivity contribution in [2.75, 3.05) is 0 Å². The van der Waals surface area contributed by atoms with Crippen molar-refractivity contribution >= 4 is 22.7 Å². The monoisotopic (exact) mass is 328 g/mol. The van der Waals surface area contributed by atoms with Gasteiger partial charge in [0.25, 0.3) is 0 Å². The molecule has 3 rings (SSSR count). The summed E-state index contributed by atoms with van der Waals surface area (Å²) >= 11 is 0. The van der Waals surface area contributed by atoms with E-state index in [0.29, 0.717) is 0 Å².